The van der Waals surface area contributed by atoms with Crippen LogP contribution < -0.4 is 15.6 Å². The highest BCUT2D eigenvalue weighted by Gasteiger charge is 2.06. The van der Waals surface area contributed by atoms with Crippen LogP contribution in [0.4, 0.5) is 5.82 Å². The van der Waals surface area contributed by atoms with Crippen LogP contribution in [-0.2, 0) is 9.53 Å². The van der Waals surface area contributed by atoms with E-state index < -0.39 is 0 Å². The molecule has 2 rings (SSSR count). The van der Waals surface area contributed by atoms with E-state index in [1.165, 1.54) is 6.33 Å². The summed E-state index contributed by atoms with van der Waals surface area (Å²) in [4.78, 5) is 19.8. The van der Waals surface area contributed by atoms with Crippen molar-refractivity contribution in [3.8, 4) is 5.75 Å². The van der Waals surface area contributed by atoms with Crippen LogP contribution in [0.3, 0.4) is 0 Å². The van der Waals surface area contributed by atoms with Gasteiger partial charge < -0.3 is 9.47 Å². The van der Waals surface area contributed by atoms with Crippen LogP contribution in [0.25, 0.3) is 10.9 Å². The number of nitrogens with one attached hydrogen (secondary N) is 2. The number of hydrogen-bond acceptors (Lipinski definition) is 6. The molecule has 0 radical (unpaired) electrons. The van der Waals surface area contributed by atoms with Gasteiger partial charge in [0.05, 0.1) is 25.7 Å². The molecule has 0 spiro atoms. The fourth-order valence-electron chi connectivity index (χ4n) is 1.65. The van der Waals surface area contributed by atoms with Crippen molar-refractivity contribution in [3.63, 3.8) is 0 Å². The van der Waals surface area contributed by atoms with Crippen molar-refractivity contribution in [1.29, 1.82) is 0 Å². The predicted molar refractivity (Wildman–Crippen MR) is 74.3 cm³/mol. The van der Waals surface area contributed by atoms with Crippen molar-refractivity contribution in [2.24, 2.45) is 0 Å². The molecule has 0 aliphatic heterocycles. The number of aromatic nitrogens is 2. The number of carbonyl (C=O) groups is 1. The molecule has 0 fully saturated rings. The van der Waals surface area contributed by atoms with Gasteiger partial charge in [0, 0.05) is 12.5 Å². The Hall–Kier alpha value is -2.41. The van der Waals surface area contributed by atoms with Crippen LogP contribution in [0.2, 0.25) is 0 Å². The Bertz CT molecular complexity index is 603. The number of benzene rings is 1. The van der Waals surface area contributed by atoms with Gasteiger partial charge in [0.2, 0.25) is 5.91 Å². The van der Waals surface area contributed by atoms with Gasteiger partial charge in [-0.1, -0.05) is 0 Å². The third kappa shape index (κ3) is 3.33. The highest BCUT2D eigenvalue weighted by atomic mass is 16.5. The number of methoxy groups -OCH3 is 2. The fraction of sp³-hybridized carbons (Fsp3) is 0.308. The number of carbonyl (C=O) groups excluding carboxylic acids is 1. The second kappa shape index (κ2) is 6.67. The molecular formula is C13H16N4O3. The van der Waals surface area contributed by atoms with E-state index in [0.717, 1.165) is 10.9 Å². The minimum atomic E-state index is -0.179. The van der Waals surface area contributed by atoms with Gasteiger partial charge in [-0.2, -0.15) is 0 Å². The molecule has 0 unspecified atom stereocenters. The summed E-state index contributed by atoms with van der Waals surface area (Å²) in [7, 11) is 3.13. The fourth-order valence-corrected chi connectivity index (χ4v) is 1.65. The molecular weight excluding hydrogens is 260 g/mol. The molecule has 0 aliphatic carbocycles. The molecule has 0 aliphatic rings. The predicted octanol–water partition coefficient (Wildman–Crippen LogP) is 1.12. The van der Waals surface area contributed by atoms with E-state index in [9.17, 15) is 4.79 Å². The largest absolute Gasteiger partial charge is 0.497 e. The standard InChI is InChI=1S/C13H16N4O3/c1-19-6-5-12(18)16-17-13-10-7-9(20-2)3-4-11(10)14-8-15-13/h3-4,7-8H,5-6H2,1-2H3,(H,16,18)(H,14,15,17). The van der Waals surface area contributed by atoms with Crippen molar-refractivity contribution in [2.45, 2.75) is 6.42 Å². The Morgan fingerprint density at radius 2 is 2.15 bits per heavy atom. The number of rotatable bonds is 6. The van der Waals surface area contributed by atoms with E-state index in [2.05, 4.69) is 20.8 Å². The van der Waals surface area contributed by atoms with E-state index in [0.29, 0.717) is 18.2 Å². The molecule has 0 saturated carbocycles. The minimum absolute atomic E-state index is 0.179. The molecule has 1 aromatic carbocycles. The van der Waals surface area contributed by atoms with Gasteiger partial charge in [0.15, 0.2) is 5.82 Å². The first-order chi connectivity index (χ1) is 9.74. The highest BCUT2D eigenvalue weighted by molar-refractivity contribution is 5.90. The van der Waals surface area contributed by atoms with E-state index in [-0.39, 0.29) is 12.3 Å². The summed E-state index contributed by atoms with van der Waals surface area (Å²) in [6.07, 6.45) is 1.70. The van der Waals surface area contributed by atoms with Gasteiger partial charge in [-0.25, -0.2) is 9.97 Å². The van der Waals surface area contributed by atoms with Crippen LogP contribution in [0, 0.1) is 0 Å². The zero-order chi connectivity index (χ0) is 14.4. The third-order valence-electron chi connectivity index (χ3n) is 2.70. The Morgan fingerprint density at radius 1 is 1.30 bits per heavy atom. The number of hydrogen-bond donors (Lipinski definition) is 2. The Balaban J connectivity index is 2.15. The Morgan fingerprint density at radius 3 is 2.90 bits per heavy atom. The molecule has 1 heterocycles. The van der Waals surface area contributed by atoms with Crippen molar-refractivity contribution >= 4 is 22.6 Å². The molecule has 7 heteroatoms. The maximum atomic E-state index is 11.5. The van der Waals surface area contributed by atoms with Crippen molar-refractivity contribution in [1.82, 2.24) is 15.4 Å². The van der Waals surface area contributed by atoms with E-state index in [1.807, 2.05) is 12.1 Å². The van der Waals surface area contributed by atoms with Crippen LogP contribution in [0.5, 0.6) is 5.75 Å². The van der Waals surface area contributed by atoms with Crippen molar-refractivity contribution < 1.29 is 14.3 Å². The molecule has 20 heavy (non-hydrogen) atoms. The van der Waals surface area contributed by atoms with Crippen LogP contribution >= 0.6 is 0 Å². The van der Waals surface area contributed by atoms with Gasteiger partial charge in [0.25, 0.3) is 0 Å². The number of nitrogens with zero attached hydrogens (tertiary/aromatic N) is 2. The lowest BCUT2D eigenvalue weighted by molar-refractivity contribution is -0.121. The SMILES string of the molecule is COCCC(=O)NNc1ncnc2ccc(OC)cc12. The summed E-state index contributed by atoms with van der Waals surface area (Å²) >= 11 is 0. The van der Waals surface area contributed by atoms with Gasteiger partial charge in [-0.05, 0) is 18.2 Å². The summed E-state index contributed by atoms with van der Waals surface area (Å²) < 4.78 is 10.0. The second-order valence-corrected chi connectivity index (χ2v) is 4.02. The summed E-state index contributed by atoms with van der Waals surface area (Å²) in [6.45, 7) is 0.367. The number of ether oxygens (including phenoxy) is 2. The number of hydrazine groups is 1. The monoisotopic (exact) mass is 276 g/mol. The van der Waals surface area contributed by atoms with Gasteiger partial charge >= 0.3 is 0 Å². The Labute approximate surface area is 116 Å². The van der Waals surface area contributed by atoms with Crippen LogP contribution in [0.1, 0.15) is 6.42 Å². The molecule has 0 atom stereocenters. The molecule has 1 amide bonds. The first-order valence-electron chi connectivity index (χ1n) is 6.07. The minimum Gasteiger partial charge on any atom is -0.497 e. The topological polar surface area (TPSA) is 85.4 Å². The molecule has 0 saturated heterocycles. The average molecular weight is 276 g/mol. The number of anilines is 1. The van der Waals surface area contributed by atoms with Crippen LogP contribution in [-0.4, -0.2) is 36.7 Å². The summed E-state index contributed by atoms with van der Waals surface area (Å²) in [5.74, 6) is 1.03. The maximum Gasteiger partial charge on any atom is 0.240 e. The van der Waals surface area contributed by atoms with Gasteiger partial charge in [-0.3, -0.25) is 15.6 Å². The van der Waals surface area contributed by atoms with Gasteiger partial charge in [-0.15, -0.1) is 0 Å². The normalized spacial score (nSPS) is 10.3. The summed E-state index contributed by atoms with van der Waals surface area (Å²) in [5.41, 5.74) is 6.11. The smallest absolute Gasteiger partial charge is 0.240 e. The lowest BCUT2D eigenvalue weighted by Gasteiger charge is -2.10. The Kier molecular flexibility index (Phi) is 4.67. The molecule has 2 N–H and O–H groups in total. The molecule has 106 valence electrons. The lowest BCUT2D eigenvalue weighted by atomic mass is 10.2. The second-order valence-electron chi connectivity index (χ2n) is 4.02. The maximum absolute atomic E-state index is 11.5. The number of fused-ring (bicyclic) bond motifs is 1. The van der Waals surface area contributed by atoms with E-state index >= 15 is 0 Å². The third-order valence-corrected chi connectivity index (χ3v) is 2.70. The average Bonchev–Trinajstić information content (AvgIpc) is 2.50. The number of amides is 1. The van der Waals surface area contributed by atoms with E-state index in [4.69, 9.17) is 9.47 Å². The zero-order valence-electron chi connectivity index (χ0n) is 11.3. The highest BCUT2D eigenvalue weighted by Crippen LogP contribution is 2.23. The molecule has 1 aromatic heterocycles. The first kappa shape index (κ1) is 14.0. The van der Waals surface area contributed by atoms with E-state index in [1.54, 1.807) is 20.3 Å². The summed E-state index contributed by atoms with van der Waals surface area (Å²) in [6, 6.07) is 5.45. The van der Waals surface area contributed by atoms with Crippen molar-refractivity contribution in [3.05, 3.63) is 24.5 Å². The molecule has 7 nitrogen and oxygen atoms in total. The van der Waals surface area contributed by atoms with Crippen molar-refractivity contribution in [2.75, 3.05) is 26.3 Å². The quantitative estimate of drug-likeness (QED) is 0.769. The summed E-state index contributed by atoms with van der Waals surface area (Å²) in [5, 5.41) is 0.763. The van der Waals surface area contributed by atoms with Gasteiger partial charge in [0.1, 0.15) is 12.1 Å². The molecule has 0 bridgehead atoms. The molecule has 2 aromatic rings. The lowest BCUT2D eigenvalue weighted by Crippen LogP contribution is -2.30. The van der Waals surface area contributed by atoms with Crippen LogP contribution in [0.15, 0.2) is 24.5 Å². The zero-order valence-corrected chi connectivity index (χ0v) is 11.3. The first-order valence-corrected chi connectivity index (χ1v) is 6.07.